The molecule has 0 aliphatic rings. The number of hydrogen-bond donors (Lipinski definition) is 0. The minimum Gasteiger partial charge on any atom is -0.311 e. The van der Waals surface area contributed by atoms with Crippen molar-refractivity contribution in [3.63, 3.8) is 0 Å². The normalized spacial score (nSPS) is 10.5. The highest BCUT2D eigenvalue weighted by Crippen LogP contribution is 2.16. The lowest BCUT2D eigenvalue weighted by molar-refractivity contribution is 0.768. The Balaban J connectivity index is 2.01. The Bertz CT molecular complexity index is 905. The molecule has 3 aromatic rings. The van der Waals surface area contributed by atoms with Gasteiger partial charge in [-0.1, -0.05) is 23.7 Å². The van der Waals surface area contributed by atoms with E-state index < -0.39 is 0 Å². The molecule has 1 aromatic heterocycles. The number of nitriles is 1. The van der Waals surface area contributed by atoms with Crippen molar-refractivity contribution in [1.29, 1.82) is 5.26 Å². The van der Waals surface area contributed by atoms with Gasteiger partial charge in [-0.05, 0) is 47.3 Å². The Morgan fingerprint density at radius 3 is 2.57 bits per heavy atom. The molecule has 0 N–H and O–H groups in total. The summed E-state index contributed by atoms with van der Waals surface area (Å²) in [6, 6.07) is 16.4. The highest BCUT2D eigenvalue weighted by molar-refractivity contribution is 6.31. The zero-order chi connectivity index (χ0) is 14.8. The molecule has 0 unspecified atom stereocenters. The summed E-state index contributed by atoms with van der Waals surface area (Å²) in [5.74, 6) is 0. The topological polar surface area (TPSA) is 45.8 Å². The number of halogens is 1. The summed E-state index contributed by atoms with van der Waals surface area (Å²) in [6.45, 7) is 0.475. The van der Waals surface area contributed by atoms with Gasteiger partial charge in [0.1, 0.15) is 0 Å². The van der Waals surface area contributed by atoms with E-state index in [1.807, 2.05) is 18.2 Å². The Labute approximate surface area is 126 Å². The third kappa shape index (κ3) is 2.67. The predicted molar refractivity (Wildman–Crippen MR) is 83.5 cm³/mol. The van der Waals surface area contributed by atoms with E-state index in [9.17, 15) is 4.79 Å². The number of nitrogens with zero attached hydrogens (tertiary/aromatic N) is 2. The van der Waals surface area contributed by atoms with E-state index in [0.29, 0.717) is 22.5 Å². The second kappa shape index (κ2) is 5.43. The molecule has 0 radical (unpaired) electrons. The second-order valence-electron chi connectivity index (χ2n) is 4.79. The van der Waals surface area contributed by atoms with E-state index in [1.165, 1.54) is 0 Å². The van der Waals surface area contributed by atoms with Crippen LogP contribution in [0.1, 0.15) is 11.1 Å². The van der Waals surface area contributed by atoms with Crippen LogP contribution in [0, 0.1) is 11.3 Å². The second-order valence-corrected chi connectivity index (χ2v) is 5.23. The van der Waals surface area contributed by atoms with Gasteiger partial charge in [-0.25, -0.2) is 0 Å². The van der Waals surface area contributed by atoms with E-state index in [2.05, 4.69) is 6.07 Å². The summed E-state index contributed by atoms with van der Waals surface area (Å²) in [6.07, 6.45) is 1.76. The van der Waals surface area contributed by atoms with Gasteiger partial charge in [0, 0.05) is 16.6 Å². The molecule has 1 heterocycles. The monoisotopic (exact) mass is 294 g/mol. The average molecular weight is 295 g/mol. The SMILES string of the molecule is N#Cc1ccc(Cn2ccc3cc(Cl)ccc3c2=O)cc1. The maximum Gasteiger partial charge on any atom is 0.258 e. The van der Waals surface area contributed by atoms with Crippen LogP contribution in [0.25, 0.3) is 10.8 Å². The molecule has 0 aliphatic carbocycles. The van der Waals surface area contributed by atoms with Crippen molar-refractivity contribution < 1.29 is 0 Å². The lowest BCUT2D eigenvalue weighted by Crippen LogP contribution is -2.19. The first-order valence-corrected chi connectivity index (χ1v) is 6.83. The zero-order valence-electron chi connectivity index (χ0n) is 11.1. The van der Waals surface area contributed by atoms with Gasteiger partial charge in [0.05, 0.1) is 18.2 Å². The Morgan fingerprint density at radius 2 is 1.86 bits per heavy atom. The zero-order valence-corrected chi connectivity index (χ0v) is 11.8. The van der Waals surface area contributed by atoms with Crippen molar-refractivity contribution in [3.8, 4) is 6.07 Å². The molecule has 0 saturated carbocycles. The van der Waals surface area contributed by atoms with Crippen LogP contribution < -0.4 is 5.56 Å². The largest absolute Gasteiger partial charge is 0.311 e. The number of pyridine rings is 1. The number of fused-ring (bicyclic) bond motifs is 1. The van der Waals surface area contributed by atoms with Gasteiger partial charge >= 0.3 is 0 Å². The van der Waals surface area contributed by atoms with Gasteiger partial charge in [0.15, 0.2) is 0 Å². The lowest BCUT2D eigenvalue weighted by atomic mass is 10.1. The van der Waals surface area contributed by atoms with Crippen molar-refractivity contribution in [2.24, 2.45) is 0 Å². The first-order valence-electron chi connectivity index (χ1n) is 6.45. The number of benzene rings is 2. The summed E-state index contributed by atoms with van der Waals surface area (Å²) in [4.78, 5) is 12.4. The molecule has 0 aliphatic heterocycles. The van der Waals surface area contributed by atoms with Gasteiger partial charge < -0.3 is 4.57 Å². The minimum absolute atomic E-state index is 0.0477. The van der Waals surface area contributed by atoms with Gasteiger partial charge in [0.25, 0.3) is 5.56 Å². The van der Waals surface area contributed by atoms with Crippen LogP contribution in [-0.2, 0) is 6.54 Å². The third-order valence-corrected chi connectivity index (χ3v) is 3.61. The van der Waals surface area contributed by atoms with Crippen molar-refractivity contribution in [3.05, 3.63) is 81.2 Å². The molecular weight excluding hydrogens is 284 g/mol. The van der Waals surface area contributed by atoms with Crippen molar-refractivity contribution >= 4 is 22.4 Å². The summed E-state index contributed by atoms with van der Waals surface area (Å²) in [7, 11) is 0. The fraction of sp³-hybridized carbons (Fsp3) is 0.0588. The molecule has 3 nitrogen and oxygen atoms in total. The van der Waals surface area contributed by atoms with Crippen LogP contribution in [0.3, 0.4) is 0 Å². The Morgan fingerprint density at radius 1 is 1.10 bits per heavy atom. The quantitative estimate of drug-likeness (QED) is 0.725. The summed E-state index contributed by atoms with van der Waals surface area (Å²) >= 11 is 5.93. The Kier molecular flexibility index (Phi) is 3.47. The maximum atomic E-state index is 12.4. The van der Waals surface area contributed by atoms with Gasteiger partial charge in [-0.15, -0.1) is 0 Å². The number of aromatic nitrogens is 1. The predicted octanol–water partition coefficient (Wildman–Crippen LogP) is 3.57. The fourth-order valence-corrected chi connectivity index (χ4v) is 2.45. The highest BCUT2D eigenvalue weighted by atomic mass is 35.5. The van der Waals surface area contributed by atoms with E-state index in [4.69, 9.17) is 16.9 Å². The van der Waals surface area contributed by atoms with E-state index >= 15 is 0 Å². The van der Waals surface area contributed by atoms with Gasteiger partial charge in [0.2, 0.25) is 0 Å². The average Bonchev–Trinajstić information content (AvgIpc) is 2.51. The number of rotatable bonds is 2. The number of hydrogen-bond acceptors (Lipinski definition) is 2. The minimum atomic E-state index is -0.0477. The first-order chi connectivity index (χ1) is 10.2. The standard InChI is InChI=1S/C17H11ClN2O/c18-15-5-6-16-14(9-15)7-8-20(17(16)21)11-13-3-1-12(10-19)2-4-13/h1-9H,11H2. The fourth-order valence-electron chi connectivity index (χ4n) is 2.26. The molecule has 0 amide bonds. The van der Waals surface area contributed by atoms with Crippen LogP contribution in [0.5, 0.6) is 0 Å². The molecule has 102 valence electrons. The molecule has 21 heavy (non-hydrogen) atoms. The van der Waals surface area contributed by atoms with Crippen LogP contribution in [0.4, 0.5) is 0 Å². The van der Waals surface area contributed by atoms with E-state index in [-0.39, 0.29) is 5.56 Å². The molecular formula is C17H11ClN2O. The van der Waals surface area contributed by atoms with Crippen LogP contribution in [0.15, 0.2) is 59.5 Å². The van der Waals surface area contributed by atoms with Crippen molar-refractivity contribution in [2.75, 3.05) is 0 Å². The smallest absolute Gasteiger partial charge is 0.258 e. The lowest BCUT2D eigenvalue weighted by Gasteiger charge is -2.08. The Hall–Kier alpha value is -2.57. The summed E-state index contributed by atoms with van der Waals surface area (Å²) in [5, 5.41) is 10.9. The van der Waals surface area contributed by atoms with Crippen molar-refractivity contribution in [1.82, 2.24) is 4.57 Å². The van der Waals surface area contributed by atoms with Gasteiger partial charge in [-0.2, -0.15) is 5.26 Å². The molecule has 0 spiro atoms. The van der Waals surface area contributed by atoms with E-state index in [0.717, 1.165) is 10.9 Å². The molecule has 0 fully saturated rings. The molecule has 0 saturated heterocycles. The molecule has 3 rings (SSSR count). The molecule has 2 aromatic carbocycles. The van der Waals surface area contributed by atoms with Crippen LogP contribution >= 0.6 is 11.6 Å². The molecule has 4 heteroatoms. The van der Waals surface area contributed by atoms with Crippen LogP contribution in [0.2, 0.25) is 5.02 Å². The molecule has 0 atom stereocenters. The summed E-state index contributed by atoms with van der Waals surface area (Å²) in [5.41, 5.74) is 1.54. The van der Waals surface area contributed by atoms with Crippen molar-refractivity contribution in [2.45, 2.75) is 6.54 Å². The third-order valence-electron chi connectivity index (χ3n) is 3.37. The van der Waals surface area contributed by atoms with Gasteiger partial charge in [-0.3, -0.25) is 4.79 Å². The van der Waals surface area contributed by atoms with Crippen LogP contribution in [-0.4, -0.2) is 4.57 Å². The first kappa shape index (κ1) is 13.4. The van der Waals surface area contributed by atoms with E-state index in [1.54, 1.807) is 41.1 Å². The highest BCUT2D eigenvalue weighted by Gasteiger charge is 2.04. The maximum absolute atomic E-state index is 12.4. The summed E-state index contributed by atoms with van der Waals surface area (Å²) < 4.78 is 1.65. The molecule has 0 bridgehead atoms.